The molecule has 3 aliphatic carbocycles. The molecule has 5 rings (SSSR count). The molecule has 2 aromatic rings. The van der Waals surface area contributed by atoms with Crippen LogP contribution in [0.25, 0.3) is 0 Å². The van der Waals surface area contributed by atoms with Crippen molar-refractivity contribution in [3.63, 3.8) is 0 Å². The van der Waals surface area contributed by atoms with Gasteiger partial charge in [-0.25, -0.2) is 0 Å². The Kier molecular flexibility index (Phi) is 11.5. The number of hydrogen-bond donors (Lipinski definition) is 1. The van der Waals surface area contributed by atoms with Gasteiger partial charge in [0.15, 0.2) is 0 Å². The van der Waals surface area contributed by atoms with Crippen molar-refractivity contribution < 1.29 is 28.9 Å². The van der Waals surface area contributed by atoms with Gasteiger partial charge >= 0.3 is 11.9 Å². The molecule has 0 saturated heterocycles. The van der Waals surface area contributed by atoms with E-state index in [0.717, 1.165) is 37.8 Å². The molecule has 0 heterocycles. The van der Waals surface area contributed by atoms with E-state index in [-0.39, 0.29) is 28.9 Å². The first kappa shape index (κ1) is 38.8. The zero-order valence-electron chi connectivity index (χ0n) is 31.7. The fourth-order valence-electron chi connectivity index (χ4n) is 9.67. The Hall–Kier alpha value is -2.45. The number of benzene rings is 2. The van der Waals surface area contributed by atoms with E-state index < -0.39 is 41.0 Å². The number of rotatable bonds is 11. The lowest BCUT2D eigenvalue weighted by molar-refractivity contribution is -0.179. The second-order valence-corrected chi connectivity index (χ2v) is 18.2. The molecular weight excluding hydrogens is 650 g/mol. The van der Waals surface area contributed by atoms with Crippen molar-refractivity contribution in [2.45, 2.75) is 130 Å². The number of fused-ring (bicyclic) bond motifs is 2. The van der Waals surface area contributed by atoms with Gasteiger partial charge in [-0.1, -0.05) is 74.3 Å². The maximum Gasteiger partial charge on any atom is 0.312 e. The predicted octanol–water partition coefficient (Wildman–Crippen LogP) is 8.80. The zero-order valence-corrected chi connectivity index (χ0v) is 32.5. The summed E-state index contributed by atoms with van der Waals surface area (Å²) >= 11 is 6.23. The number of ether oxygens (including phenoxy) is 3. The quantitative estimate of drug-likeness (QED) is 0.234. The first-order valence-corrected chi connectivity index (χ1v) is 18.9. The standard InChI is InChI=1S/C42H60ClNO6/c1-39(2,3)49-37(46)34-31(35(38(47)50-40(4,5)6)36(45)28-18-20-30(43)21-19-28)16-13-17-32(34)44(25-27-14-11-10-12-15-27)26-42-23-22-29(41(42,7)8)24-33(42)48-9/h10-12,14-15,18-21,29,31-36,45H,13,16-17,22-26H2,1-9H3/t29-,31+,32-,33-,34-,35+,36-,42-/m1/s1. The van der Waals surface area contributed by atoms with Crippen molar-refractivity contribution in [2.75, 3.05) is 13.7 Å². The Morgan fingerprint density at radius 2 is 1.58 bits per heavy atom. The average molecular weight is 710 g/mol. The Balaban J connectivity index is 1.63. The van der Waals surface area contributed by atoms with Crippen LogP contribution < -0.4 is 0 Å². The third-order valence-corrected chi connectivity index (χ3v) is 12.4. The van der Waals surface area contributed by atoms with Crippen LogP contribution in [0.5, 0.6) is 0 Å². The maximum atomic E-state index is 14.7. The maximum absolute atomic E-state index is 14.7. The Labute approximate surface area is 305 Å². The Morgan fingerprint density at radius 1 is 0.940 bits per heavy atom. The molecule has 0 spiro atoms. The molecule has 0 radical (unpaired) electrons. The van der Waals surface area contributed by atoms with E-state index in [1.165, 1.54) is 6.42 Å². The third-order valence-electron chi connectivity index (χ3n) is 12.1. The number of aliphatic hydroxyl groups is 1. The van der Waals surface area contributed by atoms with Crippen LogP contribution in [0.3, 0.4) is 0 Å². The fourth-order valence-corrected chi connectivity index (χ4v) is 9.79. The molecule has 2 bridgehead atoms. The van der Waals surface area contributed by atoms with Gasteiger partial charge in [-0.05, 0) is 114 Å². The van der Waals surface area contributed by atoms with Crippen LogP contribution in [0, 0.1) is 34.5 Å². The smallest absolute Gasteiger partial charge is 0.312 e. The summed E-state index contributed by atoms with van der Waals surface area (Å²) in [5.74, 6) is -2.49. The number of halogens is 1. The number of esters is 2. The minimum absolute atomic E-state index is 0.0575. The highest BCUT2D eigenvalue weighted by molar-refractivity contribution is 6.30. The summed E-state index contributed by atoms with van der Waals surface area (Å²) in [5.41, 5.74) is 0.157. The van der Waals surface area contributed by atoms with E-state index >= 15 is 0 Å². The highest BCUT2D eigenvalue weighted by Crippen LogP contribution is 2.67. The van der Waals surface area contributed by atoms with Gasteiger partial charge in [0.2, 0.25) is 0 Å². The largest absolute Gasteiger partial charge is 0.460 e. The van der Waals surface area contributed by atoms with Gasteiger partial charge in [0, 0.05) is 36.7 Å². The van der Waals surface area contributed by atoms with Gasteiger partial charge in [-0.3, -0.25) is 14.5 Å². The minimum atomic E-state index is -1.21. The summed E-state index contributed by atoms with van der Waals surface area (Å²) in [7, 11) is 1.84. The molecule has 3 fully saturated rings. The molecule has 8 heteroatoms. The van der Waals surface area contributed by atoms with Crippen molar-refractivity contribution in [3.05, 3.63) is 70.7 Å². The first-order chi connectivity index (χ1) is 23.4. The summed E-state index contributed by atoms with van der Waals surface area (Å²) in [6.07, 6.45) is 4.32. The average Bonchev–Trinajstić information content (AvgIpc) is 3.39. The van der Waals surface area contributed by atoms with E-state index in [2.05, 4.69) is 43.0 Å². The minimum Gasteiger partial charge on any atom is -0.460 e. The van der Waals surface area contributed by atoms with Gasteiger partial charge in [0.1, 0.15) is 11.2 Å². The van der Waals surface area contributed by atoms with Crippen LogP contribution in [0.2, 0.25) is 5.02 Å². The number of carbonyl (C=O) groups excluding carboxylic acids is 2. The Bertz CT molecular complexity index is 1460. The van der Waals surface area contributed by atoms with Crippen LogP contribution in [0.1, 0.15) is 111 Å². The van der Waals surface area contributed by atoms with Crippen molar-refractivity contribution in [1.29, 1.82) is 0 Å². The van der Waals surface area contributed by atoms with Gasteiger partial charge in [-0.15, -0.1) is 0 Å². The third kappa shape index (κ3) is 8.11. The molecule has 1 N–H and O–H groups in total. The fraction of sp³-hybridized carbons (Fsp3) is 0.667. The summed E-state index contributed by atoms with van der Waals surface area (Å²) in [6.45, 7) is 17.4. The summed E-state index contributed by atoms with van der Waals surface area (Å²) in [5, 5.41) is 12.6. The Morgan fingerprint density at radius 3 is 2.16 bits per heavy atom. The molecule has 7 nitrogen and oxygen atoms in total. The number of hydrogen-bond acceptors (Lipinski definition) is 7. The van der Waals surface area contributed by atoms with E-state index in [4.69, 9.17) is 25.8 Å². The number of aliphatic hydroxyl groups excluding tert-OH is 1. The predicted molar refractivity (Wildman–Crippen MR) is 197 cm³/mol. The highest BCUT2D eigenvalue weighted by Gasteiger charge is 2.65. The van der Waals surface area contributed by atoms with Crippen molar-refractivity contribution in [2.24, 2.45) is 34.5 Å². The van der Waals surface area contributed by atoms with E-state index in [0.29, 0.717) is 29.5 Å². The lowest BCUT2D eigenvalue weighted by atomic mass is 9.65. The second-order valence-electron chi connectivity index (χ2n) is 17.7. The molecule has 0 aromatic heterocycles. The van der Waals surface area contributed by atoms with Crippen LogP contribution in [-0.4, -0.2) is 58.9 Å². The second kappa shape index (κ2) is 14.9. The molecule has 50 heavy (non-hydrogen) atoms. The molecule has 276 valence electrons. The highest BCUT2D eigenvalue weighted by atomic mass is 35.5. The normalized spacial score (nSPS) is 29.1. The molecule has 0 amide bonds. The summed E-state index contributed by atoms with van der Waals surface area (Å²) in [4.78, 5) is 31.6. The number of methoxy groups -OCH3 is 1. The van der Waals surface area contributed by atoms with Crippen molar-refractivity contribution in [1.82, 2.24) is 4.90 Å². The van der Waals surface area contributed by atoms with Gasteiger partial charge < -0.3 is 19.3 Å². The van der Waals surface area contributed by atoms with Gasteiger partial charge in [-0.2, -0.15) is 0 Å². The van der Waals surface area contributed by atoms with Crippen LogP contribution >= 0.6 is 11.6 Å². The summed E-state index contributed by atoms with van der Waals surface area (Å²) in [6, 6.07) is 17.1. The van der Waals surface area contributed by atoms with E-state index in [1.54, 1.807) is 24.3 Å². The number of nitrogens with zero attached hydrogens (tertiary/aromatic N) is 1. The van der Waals surface area contributed by atoms with E-state index in [1.807, 2.05) is 54.7 Å². The molecule has 0 unspecified atom stereocenters. The number of carbonyl (C=O) groups is 2. The SMILES string of the molecule is CO[C@@H]1C[C@H]2CC[C@]1(CN(Cc1ccccc1)[C@@H]1CCC[C@H]([C@H](C(=O)OC(C)(C)C)[C@H](O)c3ccc(Cl)cc3)[C@H]1C(=O)OC(C)(C)C)C2(C)C. The molecule has 3 saturated carbocycles. The van der Waals surface area contributed by atoms with Crippen LogP contribution in [-0.2, 0) is 30.3 Å². The van der Waals surface area contributed by atoms with Gasteiger partial charge in [0.25, 0.3) is 0 Å². The summed E-state index contributed by atoms with van der Waals surface area (Å²) < 4.78 is 18.5. The molecular formula is C42H60ClNO6. The monoisotopic (exact) mass is 709 g/mol. The molecule has 8 atom stereocenters. The van der Waals surface area contributed by atoms with Gasteiger partial charge in [0.05, 0.1) is 24.0 Å². The topological polar surface area (TPSA) is 85.3 Å². The van der Waals surface area contributed by atoms with Crippen LogP contribution in [0.4, 0.5) is 0 Å². The lowest BCUT2D eigenvalue weighted by Gasteiger charge is -2.51. The zero-order chi connectivity index (χ0) is 36.6. The van der Waals surface area contributed by atoms with Crippen molar-refractivity contribution in [3.8, 4) is 0 Å². The van der Waals surface area contributed by atoms with E-state index in [9.17, 15) is 14.7 Å². The van der Waals surface area contributed by atoms with Crippen molar-refractivity contribution >= 4 is 23.5 Å². The molecule has 2 aromatic carbocycles. The lowest BCUT2D eigenvalue weighted by Crippen LogP contribution is -2.57. The molecule has 0 aliphatic heterocycles. The molecule has 3 aliphatic rings. The first-order valence-electron chi connectivity index (χ1n) is 18.6. The van der Waals surface area contributed by atoms with Crippen LogP contribution in [0.15, 0.2) is 54.6 Å².